The molecule has 0 fully saturated rings. The molecule has 0 saturated carbocycles. The van der Waals surface area contributed by atoms with E-state index in [1.165, 1.54) is 0 Å². The second kappa shape index (κ2) is 6.63. The first-order chi connectivity index (χ1) is 11.2. The Morgan fingerprint density at radius 1 is 1.13 bits per heavy atom. The second-order valence-electron chi connectivity index (χ2n) is 4.90. The predicted octanol–water partition coefficient (Wildman–Crippen LogP) is 3.44. The molecule has 0 aliphatic rings. The number of allylic oxidation sites excluding steroid dienone is 1. The van der Waals surface area contributed by atoms with Crippen LogP contribution in [0.5, 0.6) is 5.75 Å². The molecule has 3 rings (SSSR count). The Kier molecular flexibility index (Phi) is 4.21. The molecule has 2 N–H and O–H groups in total. The first-order valence-electron chi connectivity index (χ1n) is 7.16. The van der Waals surface area contributed by atoms with Crippen molar-refractivity contribution in [1.82, 2.24) is 9.97 Å². The Bertz CT molecular complexity index is 919. The van der Waals surface area contributed by atoms with Gasteiger partial charge in [-0.05, 0) is 48.6 Å². The molecule has 112 valence electrons. The fourth-order valence-corrected chi connectivity index (χ4v) is 2.09. The van der Waals surface area contributed by atoms with Crippen molar-refractivity contribution in [2.45, 2.75) is 0 Å². The van der Waals surface area contributed by atoms with Crippen LogP contribution in [-0.2, 0) is 0 Å². The Hall–Kier alpha value is -3.32. The summed E-state index contributed by atoms with van der Waals surface area (Å²) in [5.74, 6) is 7.06. The van der Waals surface area contributed by atoms with E-state index in [2.05, 4.69) is 27.1 Å². The van der Waals surface area contributed by atoms with Crippen molar-refractivity contribution in [3.05, 3.63) is 66.0 Å². The van der Waals surface area contributed by atoms with Crippen molar-refractivity contribution < 1.29 is 5.11 Å². The molecule has 0 amide bonds. The number of rotatable bonds is 2. The zero-order valence-electron chi connectivity index (χ0n) is 12.6. The second-order valence-corrected chi connectivity index (χ2v) is 4.90. The first-order valence-corrected chi connectivity index (χ1v) is 7.16. The third-order valence-corrected chi connectivity index (χ3v) is 3.27. The first kappa shape index (κ1) is 14.6. The summed E-state index contributed by atoms with van der Waals surface area (Å²) in [6.07, 6.45) is 5.35. The molecule has 0 radical (unpaired) electrons. The number of nitrogens with one attached hydrogen (secondary N) is 1. The molecule has 0 aliphatic heterocycles. The number of hydrogen-bond donors (Lipinski definition) is 2. The van der Waals surface area contributed by atoms with E-state index in [1.54, 1.807) is 30.5 Å². The summed E-state index contributed by atoms with van der Waals surface area (Å²) >= 11 is 0. The quantitative estimate of drug-likeness (QED) is 0.712. The third kappa shape index (κ3) is 3.66. The van der Waals surface area contributed by atoms with Crippen LogP contribution in [0.15, 0.2) is 54.7 Å². The van der Waals surface area contributed by atoms with Crippen molar-refractivity contribution in [3.8, 4) is 17.6 Å². The normalized spacial score (nSPS) is 10.5. The summed E-state index contributed by atoms with van der Waals surface area (Å²) in [6.45, 7) is 0. The number of hydrogen-bond acceptors (Lipinski definition) is 4. The van der Waals surface area contributed by atoms with E-state index in [0.29, 0.717) is 0 Å². The van der Waals surface area contributed by atoms with Crippen LogP contribution in [0, 0.1) is 11.8 Å². The van der Waals surface area contributed by atoms with Gasteiger partial charge in [0.15, 0.2) is 0 Å². The molecule has 4 nitrogen and oxygen atoms in total. The van der Waals surface area contributed by atoms with Gasteiger partial charge >= 0.3 is 0 Å². The summed E-state index contributed by atoms with van der Waals surface area (Å²) in [6, 6.07) is 12.7. The smallest absolute Gasteiger partial charge is 0.125 e. The average Bonchev–Trinajstić information content (AvgIpc) is 2.59. The van der Waals surface area contributed by atoms with E-state index in [-0.39, 0.29) is 5.75 Å². The van der Waals surface area contributed by atoms with E-state index < -0.39 is 0 Å². The van der Waals surface area contributed by atoms with Gasteiger partial charge in [0, 0.05) is 24.2 Å². The molecule has 2 heterocycles. The Labute approximate surface area is 134 Å². The van der Waals surface area contributed by atoms with Crippen molar-refractivity contribution in [1.29, 1.82) is 0 Å². The summed E-state index contributed by atoms with van der Waals surface area (Å²) < 4.78 is 0. The molecule has 4 heteroatoms. The molecule has 0 saturated heterocycles. The lowest BCUT2D eigenvalue weighted by molar-refractivity contribution is 0.476. The minimum atomic E-state index is 0.242. The highest BCUT2D eigenvalue weighted by Gasteiger charge is 1.97. The van der Waals surface area contributed by atoms with E-state index in [1.807, 2.05) is 37.4 Å². The van der Waals surface area contributed by atoms with Crippen molar-refractivity contribution in [3.63, 3.8) is 0 Å². The molecular weight excluding hydrogens is 286 g/mol. The van der Waals surface area contributed by atoms with Crippen LogP contribution in [0.25, 0.3) is 17.0 Å². The van der Waals surface area contributed by atoms with Gasteiger partial charge in [-0.2, -0.15) is 0 Å². The lowest BCUT2D eigenvalue weighted by atomic mass is 10.2. The van der Waals surface area contributed by atoms with Crippen LogP contribution in [0.3, 0.4) is 0 Å². The molecule has 0 aliphatic carbocycles. The van der Waals surface area contributed by atoms with Crippen LogP contribution in [0.2, 0.25) is 0 Å². The van der Waals surface area contributed by atoms with E-state index in [9.17, 15) is 5.11 Å². The Morgan fingerprint density at radius 2 is 2.04 bits per heavy atom. The number of aromatic nitrogens is 2. The van der Waals surface area contributed by atoms with Crippen molar-refractivity contribution in [2.75, 3.05) is 12.4 Å². The molecule has 23 heavy (non-hydrogen) atoms. The zero-order chi connectivity index (χ0) is 16.1. The van der Waals surface area contributed by atoms with E-state index >= 15 is 0 Å². The highest BCUT2D eigenvalue weighted by molar-refractivity contribution is 5.81. The predicted molar refractivity (Wildman–Crippen MR) is 93.1 cm³/mol. The number of phenolic OH excluding ortho intramolecular Hbond substituents is 1. The number of fused-ring (bicyclic) bond motifs is 1. The average molecular weight is 301 g/mol. The molecular formula is C19H15N3O. The topological polar surface area (TPSA) is 58.0 Å². The molecule has 2 aromatic heterocycles. The molecule has 0 bridgehead atoms. The lowest BCUT2D eigenvalue weighted by Crippen LogP contribution is -1.90. The SMILES string of the molecule is CNc1ccc(C#C/C=C/c2ccc3cc(O)ccc3n2)cn1. The summed E-state index contributed by atoms with van der Waals surface area (Å²) in [7, 11) is 1.83. The van der Waals surface area contributed by atoms with Gasteiger partial charge in [0.2, 0.25) is 0 Å². The molecule has 3 aromatic rings. The maximum absolute atomic E-state index is 9.44. The Morgan fingerprint density at radius 3 is 2.83 bits per heavy atom. The standard InChI is InChI=1S/C19H15N3O/c1-20-19-11-6-14(13-21-19)4-2-3-5-16-8-7-15-12-17(23)9-10-18(15)22-16/h3,5-13,23H,1H3,(H,20,21)/b5-3+. The van der Waals surface area contributed by atoms with Gasteiger partial charge in [0.25, 0.3) is 0 Å². The Balaban J connectivity index is 1.75. The minimum absolute atomic E-state index is 0.242. The summed E-state index contributed by atoms with van der Waals surface area (Å²) in [5.41, 5.74) is 2.52. The summed E-state index contributed by atoms with van der Waals surface area (Å²) in [4.78, 5) is 8.70. The van der Waals surface area contributed by atoms with Gasteiger partial charge in [-0.15, -0.1) is 0 Å². The van der Waals surface area contributed by atoms with Gasteiger partial charge in [0.1, 0.15) is 11.6 Å². The van der Waals surface area contributed by atoms with E-state index in [4.69, 9.17) is 0 Å². The molecule has 0 atom stereocenters. The maximum atomic E-state index is 9.44. The summed E-state index contributed by atoms with van der Waals surface area (Å²) in [5, 5.41) is 13.3. The highest BCUT2D eigenvalue weighted by Crippen LogP contribution is 2.18. The fraction of sp³-hybridized carbons (Fsp3) is 0.0526. The van der Waals surface area contributed by atoms with Crippen molar-refractivity contribution >= 4 is 22.8 Å². The number of phenols is 1. The number of nitrogens with zero attached hydrogens (tertiary/aromatic N) is 2. The number of anilines is 1. The van der Waals surface area contributed by atoms with Crippen LogP contribution >= 0.6 is 0 Å². The van der Waals surface area contributed by atoms with Gasteiger partial charge < -0.3 is 10.4 Å². The zero-order valence-corrected chi connectivity index (χ0v) is 12.6. The number of pyridine rings is 2. The van der Waals surface area contributed by atoms with Gasteiger partial charge in [0.05, 0.1) is 11.2 Å². The minimum Gasteiger partial charge on any atom is -0.508 e. The van der Waals surface area contributed by atoms with Gasteiger partial charge in [-0.25, -0.2) is 9.97 Å². The van der Waals surface area contributed by atoms with Gasteiger partial charge in [-0.3, -0.25) is 0 Å². The molecule has 1 aromatic carbocycles. The molecule has 0 spiro atoms. The maximum Gasteiger partial charge on any atom is 0.125 e. The van der Waals surface area contributed by atoms with Crippen LogP contribution < -0.4 is 5.32 Å². The number of benzene rings is 1. The molecule has 0 unspecified atom stereocenters. The number of aromatic hydroxyl groups is 1. The largest absolute Gasteiger partial charge is 0.508 e. The van der Waals surface area contributed by atoms with Crippen molar-refractivity contribution in [2.24, 2.45) is 0 Å². The third-order valence-electron chi connectivity index (χ3n) is 3.27. The van der Waals surface area contributed by atoms with Crippen LogP contribution in [-0.4, -0.2) is 22.1 Å². The van der Waals surface area contributed by atoms with Crippen LogP contribution in [0.4, 0.5) is 5.82 Å². The van der Waals surface area contributed by atoms with Crippen LogP contribution in [0.1, 0.15) is 11.3 Å². The fourth-order valence-electron chi connectivity index (χ4n) is 2.09. The van der Waals surface area contributed by atoms with E-state index in [0.717, 1.165) is 28.0 Å². The lowest BCUT2D eigenvalue weighted by Gasteiger charge is -1.99. The monoisotopic (exact) mass is 301 g/mol. The highest BCUT2D eigenvalue weighted by atomic mass is 16.3. The van der Waals surface area contributed by atoms with Gasteiger partial charge in [-0.1, -0.05) is 17.9 Å².